The van der Waals surface area contributed by atoms with Crippen molar-refractivity contribution in [3.63, 3.8) is 0 Å². The molecule has 0 radical (unpaired) electrons. The van der Waals surface area contributed by atoms with Gasteiger partial charge in [-0.1, -0.05) is 37.5 Å². The predicted molar refractivity (Wildman–Crippen MR) is 114 cm³/mol. The van der Waals surface area contributed by atoms with E-state index in [1.54, 1.807) is 25.3 Å². The zero-order valence-electron chi connectivity index (χ0n) is 16.3. The fourth-order valence-electron chi connectivity index (χ4n) is 3.00. The number of thiocarbonyl (C=S) groups is 1. The molecule has 0 aromatic heterocycles. The number of nitrogens with one attached hydrogen (secondary N) is 4. The SMILES string of the molecule is COc1ccccc1/C=C/C(=O)NC(=S)NNC(=O)CNC(=O)C1CCCCC1. The maximum absolute atomic E-state index is 12.0. The van der Waals surface area contributed by atoms with Crippen molar-refractivity contribution in [2.45, 2.75) is 32.1 Å². The van der Waals surface area contributed by atoms with Gasteiger partial charge >= 0.3 is 0 Å². The molecule has 1 aromatic rings. The number of ether oxygens (including phenoxy) is 1. The topological polar surface area (TPSA) is 109 Å². The Labute approximate surface area is 175 Å². The molecule has 0 aliphatic heterocycles. The van der Waals surface area contributed by atoms with Crippen LogP contribution in [0.4, 0.5) is 0 Å². The molecule has 9 heteroatoms. The Morgan fingerprint density at radius 2 is 1.86 bits per heavy atom. The third kappa shape index (κ3) is 7.90. The molecule has 0 unspecified atom stereocenters. The molecule has 8 nitrogen and oxygen atoms in total. The zero-order valence-corrected chi connectivity index (χ0v) is 17.1. The zero-order chi connectivity index (χ0) is 21.1. The van der Waals surface area contributed by atoms with E-state index in [0.717, 1.165) is 37.7 Å². The van der Waals surface area contributed by atoms with Crippen molar-refractivity contribution in [3.8, 4) is 5.75 Å². The van der Waals surface area contributed by atoms with Gasteiger partial charge in [-0.05, 0) is 37.2 Å². The summed E-state index contributed by atoms with van der Waals surface area (Å²) in [6.07, 6.45) is 7.88. The van der Waals surface area contributed by atoms with E-state index in [-0.39, 0.29) is 23.5 Å². The minimum atomic E-state index is -0.465. The average Bonchev–Trinajstić information content (AvgIpc) is 2.75. The lowest BCUT2D eigenvalue weighted by Gasteiger charge is -2.20. The van der Waals surface area contributed by atoms with Crippen LogP contribution < -0.4 is 26.2 Å². The van der Waals surface area contributed by atoms with Crippen LogP contribution in [0.25, 0.3) is 6.08 Å². The molecule has 3 amide bonds. The smallest absolute Gasteiger partial charge is 0.257 e. The van der Waals surface area contributed by atoms with Crippen LogP contribution in [0.15, 0.2) is 30.3 Å². The molecule has 29 heavy (non-hydrogen) atoms. The van der Waals surface area contributed by atoms with Gasteiger partial charge < -0.3 is 10.1 Å². The molecule has 0 bridgehead atoms. The van der Waals surface area contributed by atoms with Crippen LogP contribution in [-0.2, 0) is 14.4 Å². The van der Waals surface area contributed by atoms with Crippen LogP contribution in [0.5, 0.6) is 5.75 Å². The van der Waals surface area contributed by atoms with Gasteiger partial charge in [0.2, 0.25) is 11.8 Å². The van der Waals surface area contributed by atoms with Gasteiger partial charge in [0.25, 0.3) is 5.91 Å². The van der Waals surface area contributed by atoms with Gasteiger partial charge in [-0.25, -0.2) is 0 Å². The fraction of sp³-hybridized carbons (Fsp3) is 0.400. The number of hydrazine groups is 1. The average molecular weight is 419 g/mol. The molecular formula is C20H26N4O4S. The molecular weight excluding hydrogens is 392 g/mol. The predicted octanol–water partition coefficient (Wildman–Crippen LogP) is 1.43. The lowest BCUT2D eigenvalue weighted by atomic mass is 9.89. The first kappa shape index (κ1) is 22.4. The first-order chi connectivity index (χ1) is 14.0. The fourth-order valence-corrected chi connectivity index (χ4v) is 3.15. The number of hydrogen-bond donors (Lipinski definition) is 4. The van der Waals surface area contributed by atoms with Crippen LogP contribution >= 0.6 is 12.2 Å². The maximum Gasteiger partial charge on any atom is 0.257 e. The number of amides is 3. The summed E-state index contributed by atoms with van der Waals surface area (Å²) in [7, 11) is 1.55. The lowest BCUT2D eigenvalue weighted by Crippen LogP contribution is -2.51. The Hall–Kier alpha value is -2.94. The summed E-state index contributed by atoms with van der Waals surface area (Å²) < 4.78 is 5.20. The molecule has 156 valence electrons. The number of rotatable bonds is 6. The van der Waals surface area contributed by atoms with Crippen LogP contribution in [0, 0.1) is 5.92 Å². The van der Waals surface area contributed by atoms with Crippen LogP contribution in [-0.4, -0.2) is 36.5 Å². The summed E-state index contributed by atoms with van der Waals surface area (Å²) in [4.78, 5) is 35.7. The third-order valence-electron chi connectivity index (χ3n) is 4.50. The van der Waals surface area contributed by atoms with Gasteiger partial charge in [-0.15, -0.1) is 0 Å². The molecule has 0 spiro atoms. The summed E-state index contributed by atoms with van der Waals surface area (Å²) in [5.41, 5.74) is 5.50. The summed E-state index contributed by atoms with van der Waals surface area (Å²) in [6, 6.07) is 7.25. The van der Waals surface area contributed by atoms with Gasteiger partial charge in [0.05, 0.1) is 13.7 Å². The van der Waals surface area contributed by atoms with Crippen molar-refractivity contribution in [2.75, 3.05) is 13.7 Å². The molecule has 1 saturated carbocycles. The Morgan fingerprint density at radius 3 is 2.59 bits per heavy atom. The molecule has 2 rings (SSSR count). The summed E-state index contributed by atoms with van der Waals surface area (Å²) in [6.45, 7) is -0.160. The minimum absolute atomic E-state index is 0.0140. The standard InChI is InChI=1S/C20H26N4O4S/c1-28-16-10-6-5-7-14(16)11-12-17(25)22-20(29)24-23-18(26)13-21-19(27)15-8-3-2-4-9-15/h5-7,10-12,15H,2-4,8-9,13H2,1H3,(H,21,27)(H,23,26)(H2,22,24,25,29)/b12-11+. The van der Waals surface area contributed by atoms with Crippen LogP contribution in [0.3, 0.4) is 0 Å². The van der Waals surface area contributed by atoms with Gasteiger partial charge in [0, 0.05) is 17.6 Å². The van der Waals surface area contributed by atoms with Gasteiger partial charge in [0.15, 0.2) is 5.11 Å². The van der Waals surface area contributed by atoms with Crippen molar-refractivity contribution in [1.29, 1.82) is 0 Å². The van der Waals surface area contributed by atoms with E-state index in [4.69, 9.17) is 17.0 Å². The van der Waals surface area contributed by atoms with Crippen molar-refractivity contribution in [3.05, 3.63) is 35.9 Å². The quantitative estimate of drug-likeness (QED) is 0.316. The van der Waals surface area contributed by atoms with E-state index in [9.17, 15) is 14.4 Å². The summed E-state index contributed by atoms with van der Waals surface area (Å²) in [5, 5.41) is 4.97. The molecule has 1 fully saturated rings. The second-order valence-corrected chi connectivity index (χ2v) is 7.03. The lowest BCUT2D eigenvalue weighted by molar-refractivity contribution is -0.129. The first-order valence-electron chi connectivity index (χ1n) is 9.48. The number of hydrogen-bond acceptors (Lipinski definition) is 5. The van der Waals surface area contributed by atoms with E-state index in [1.807, 2.05) is 12.1 Å². The number of carbonyl (C=O) groups is 3. The Balaban J connectivity index is 1.67. The van der Waals surface area contributed by atoms with Gasteiger partial charge in [0.1, 0.15) is 5.75 Å². The number of carbonyl (C=O) groups excluding carboxylic acids is 3. The number of methoxy groups -OCH3 is 1. The third-order valence-corrected chi connectivity index (χ3v) is 4.71. The van der Waals surface area contributed by atoms with Gasteiger partial charge in [-0.2, -0.15) is 0 Å². The highest BCUT2D eigenvalue weighted by atomic mass is 32.1. The van der Waals surface area contributed by atoms with E-state index in [0.29, 0.717) is 5.75 Å². The Kier molecular flexibility index (Phi) is 9.10. The van der Waals surface area contributed by atoms with E-state index in [2.05, 4.69) is 21.5 Å². The van der Waals surface area contributed by atoms with Gasteiger partial charge in [-0.3, -0.25) is 30.6 Å². The van der Waals surface area contributed by atoms with Crippen molar-refractivity contribution < 1.29 is 19.1 Å². The molecule has 0 heterocycles. The van der Waals surface area contributed by atoms with Crippen molar-refractivity contribution >= 4 is 41.1 Å². The molecule has 0 atom stereocenters. The van der Waals surface area contributed by atoms with E-state index < -0.39 is 11.8 Å². The van der Waals surface area contributed by atoms with Crippen molar-refractivity contribution in [2.24, 2.45) is 5.92 Å². The molecule has 4 N–H and O–H groups in total. The van der Waals surface area contributed by atoms with Crippen LogP contribution in [0.1, 0.15) is 37.7 Å². The highest BCUT2D eigenvalue weighted by Crippen LogP contribution is 2.23. The maximum atomic E-state index is 12.0. The second-order valence-electron chi connectivity index (χ2n) is 6.62. The Morgan fingerprint density at radius 1 is 1.14 bits per heavy atom. The van der Waals surface area contributed by atoms with E-state index >= 15 is 0 Å². The Bertz CT molecular complexity index is 775. The summed E-state index contributed by atoms with van der Waals surface area (Å²) >= 11 is 4.96. The highest BCUT2D eigenvalue weighted by molar-refractivity contribution is 7.80. The molecule has 1 aliphatic rings. The monoisotopic (exact) mass is 418 g/mol. The highest BCUT2D eigenvalue weighted by Gasteiger charge is 2.21. The molecule has 0 saturated heterocycles. The largest absolute Gasteiger partial charge is 0.496 e. The van der Waals surface area contributed by atoms with Crippen LogP contribution in [0.2, 0.25) is 0 Å². The molecule has 1 aromatic carbocycles. The first-order valence-corrected chi connectivity index (χ1v) is 9.89. The second kappa shape index (κ2) is 11.8. The van der Waals surface area contributed by atoms with Crippen molar-refractivity contribution in [1.82, 2.24) is 21.5 Å². The molecule has 1 aliphatic carbocycles. The number of para-hydroxylation sites is 1. The summed E-state index contributed by atoms with van der Waals surface area (Å²) in [5.74, 6) is -0.402. The minimum Gasteiger partial charge on any atom is -0.496 e. The number of benzene rings is 1. The normalized spacial score (nSPS) is 14.1. The van der Waals surface area contributed by atoms with E-state index in [1.165, 1.54) is 6.08 Å².